The van der Waals surface area contributed by atoms with Crippen molar-refractivity contribution >= 4 is 22.9 Å². The Kier molecular flexibility index (Phi) is 5.46. The van der Waals surface area contributed by atoms with Crippen LogP contribution in [0.2, 0.25) is 5.02 Å². The van der Waals surface area contributed by atoms with E-state index in [-0.39, 0.29) is 6.04 Å². The number of ether oxygens (including phenoxy) is 1. The number of nitrogens with one attached hydrogen (secondary N) is 1. The van der Waals surface area contributed by atoms with Gasteiger partial charge in [0.15, 0.2) is 0 Å². The van der Waals surface area contributed by atoms with Crippen molar-refractivity contribution in [2.45, 2.75) is 26.3 Å². The highest BCUT2D eigenvalue weighted by molar-refractivity contribution is 7.12. The summed E-state index contributed by atoms with van der Waals surface area (Å²) in [5.74, 6) is 0.867. The van der Waals surface area contributed by atoms with Crippen LogP contribution >= 0.6 is 22.9 Å². The summed E-state index contributed by atoms with van der Waals surface area (Å²) in [7, 11) is 1.70. The third-order valence-electron chi connectivity index (χ3n) is 3.23. The van der Waals surface area contributed by atoms with Gasteiger partial charge in [-0.3, -0.25) is 0 Å². The van der Waals surface area contributed by atoms with Crippen LogP contribution in [0.1, 0.15) is 35.2 Å². The second kappa shape index (κ2) is 7.11. The smallest absolute Gasteiger partial charge is 0.124 e. The highest BCUT2D eigenvalue weighted by Crippen LogP contribution is 2.35. The molecule has 0 spiro atoms. The standard InChI is InChI=1S/C16H20ClNOS/c1-4-12-7-9-15(20-12)16(18-5-2)13-10-11(17)6-8-14(13)19-3/h6-10,16,18H,4-5H2,1-3H3. The molecule has 1 aromatic carbocycles. The molecule has 0 saturated heterocycles. The van der Waals surface area contributed by atoms with E-state index in [0.29, 0.717) is 0 Å². The molecule has 0 bridgehead atoms. The number of hydrogen-bond acceptors (Lipinski definition) is 3. The fraction of sp³-hybridized carbons (Fsp3) is 0.375. The van der Waals surface area contributed by atoms with Crippen LogP contribution in [0, 0.1) is 0 Å². The van der Waals surface area contributed by atoms with E-state index in [1.807, 2.05) is 29.5 Å². The van der Waals surface area contributed by atoms with E-state index in [1.165, 1.54) is 9.75 Å². The first-order valence-electron chi connectivity index (χ1n) is 6.85. The molecule has 2 nitrogen and oxygen atoms in total. The van der Waals surface area contributed by atoms with Crippen molar-refractivity contribution in [3.05, 3.63) is 50.7 Å². The van der Waals surface area contributed by atoms with Crippen LogP contribution in [0.15, 0.2) is 30.3 Å². The Labute approximate surface area is 129 Å². The summed E-state index contributed by atoms with van der Waals surface area (Å²) in [5, 5.41) is 4.26. The van der Waals surface area contributed by atoms with E-state index in [9.17, 15) is 0 Å². The molecule has 4 heteroatoms. The monoisotopic (exact) mass is 309 g/mol. The molecule has 1 unspecified atom stereocenters. The van der Waals surface area contributed by atoms with Gasteiger partial charge in [0.2, 0.25) is 0 Å². The van der Waals surface area contributed by atoms with E-state index in [2.05, 4.69) is 31.3 Å². The van der Waals surface area contributed by atoms with Crippen LogP contribution in [-0.4, -0.2) is 13.7 Å². The van der Waals surface area contributed by atoms with Gasteiger partial charge >= 0.3 is 0 Å². The first-order chi connectivity index (χ1) is 9.69. The minimum atomic E-state index is 0.124. The molecule has 0 fully saturated rings. The normalized spacial score (nSPS) is 12.4. The van der Waals surface area contributed by atoms with Crippen LogP contribution in [0.5, 0.6) is 5.75 Å². The molecule has 108 valence electrons. The van der Waals surface area contributed by atoms with E-state index in [0.717, 1.165) is 29.3 Å². The van der Waals surface area contributed by atoms with Gasteiger partial charge in [0.05, 0.1) is 13.2 Å². The maximum absolute atomic E-state index is 6.16. The quantitative estimate of drug-likeness (QED) is 0.837. The number of aryl methyl sites for hydroxylation is 1. The summed E-state index contributed by atoms with van der Waals surface area (Å²) >= 11 is 8.00. The molecular formula is C16H20ClNOS. The molecule has 20 heavy (non-hydrogen) atoms. The Hall–Kier alpha value is -1.03. The molecule has 0 aliphatic heterocycles. The molecule has 1 N–H and O–H groups in total. The first-order valence-corrected chi connectivity index (χ1v) is 8.04. The van der Waals surface area contributed by atoms with Crippen LogP contribution in [-0.2, 0) is 6.42 Å². The number of rotatable bonds is 6. The van der Waals surface area contributed by atoms with E-state index < -0.39 is 0 Å². The number of halogens is 1. The van der Waals surface area contributed by atoms with E-state index in [1.54, 1.807) is 7.11 Å². The van der Waals surface area contributed by atoms with Gasteiger partial charge in [-0.15, -0.1) is 11.3 Å². The molecule has 0 radical (unpaired) electrons. The van der Waals surface area contributed by atoms with Gasteiger partial charge in [-0.1, -0.05) is 25.4 Å². The zero-order valence-electron chi connectivity index (χ0n) is 12.1. The Morgan fingerprint density at radius 1 is 1.25 bits per heavy atom. The summed E-state index contributed by atoms with van der Waals surface area (Å²) in [5.41, 5.74) is 1.09. The van der Waals surface area contributed by atoms with Crippen LogP contribution in [0.3, 0.4) is 0 Å². The van der Waals surface area contributed by atoms with Gasteiger partial charge in [-0.05, 0) is 43.3 Å². The van der Waals surface area contributed by atoms with Crippen molar-refractivity contribution in [1.29, 1.82) is 0 Å². The van der Waals surface area contributed by atoms with Crippen molar-refractivity contribution in [3.8, 4) is 5.75 Å². The van der Waals surface area contributed by atoms with Crippen LogP contribution < -0.4 is 10.1 Å². The predicted molar refractivity (Wildman–Crippen MR) is 87.2 cm³/mol. The summed E-state index contributed by atoms with van der Waals surface area (Å²) in [6, 6.07) is 10.3. The highest BCUT2D eigenvalue weighted by atomic mass is 35.5. The molecule has 0 aliphatic carbocycles. The van der Waals surface area contributed by atoms with Crippen molar-refractivity contribution in [1.82, 2.24) is 5.32 Å². The predicted octanol–water partition coefficient (Wildman–Crippen LogP) is 4.67. The first kappa shape index (κ1) is 15.4. The largest absolute Gasteiger partial charge is 0.496 e. The molecule has 1 atom stereocenters. The second-order valence-electron chi connectivity index (χ2n) is 4.53. The van der Waals surface area contributed by atoms with Crippen molar-refractivity contribution in [3.63, 3.8) is 0 Å². The van der Waals surface area contributed by atoms with Gasteiger partial charge < -0.3 is 10.1 Å². The molecule has 2 aromatic rings. The average molecular weight is 310 g/mol. The minimum absolute atomic E-state index is 0.124. The summed E-state index contributed by atoms with van der Waals surface area (Å²) in [4.78, 5) is 2.69. The fourth-order valence-corrected chi connectivity index (χ4v) is 3.47. The second-order valence-corrected chi connectivity index (χ2v) is 6.17. The minimum Gasteiger partial charge on any atom is -0.496 e. The molecule has 1 aromatic heterocycles. The zero-order chi connectivity index (χ0) is 14.5. The van der Waals surface area contributed by atoms with Gasteiger partial charge in [-0.2, -0.15) is 0 Å². The third kappa shape index (κ3) is 3.35. The van der Waals surface area contributed by atoms with Gasteiger partial charge in [-0.25, -0.2) is 0 Å². The lowest BCUT2D eigenvalue weighted by Crippen LogP contribution is -2.21. The Morgan fingerprint density at radius 3 is 2.65 bits per heavy atom. The van der Waals surface area contributed by atoms with E-state index in [4.69, 9.17) is 16.3 Å². The topological polar surface area (TPSA) is 21.3 Å². The van der Waals surface area contributed by atoms with Crippen LogP contribution in [0.25, 0.3) is 0 Å². The average Bonchev–Trinajstić information content (AvgIpc) is 2.93. The number of thiophene rings is 1. The van der Waals surface area contributed by atoms with Crippen molar-refractivity contribution in [2.24, 2.45) is 0 Å². The molecule has 0 amide bonds. The van der Waals surface area contributed by atoms with Gasteiger partial charge in [0.25, 0.3) is 0 Å². The summed E-state index contributed by atoms with van der Waals surface area (Å²) < 4.78 is 5.49. The maximum Gasteiger partial charge on any atom is 0.124 e. The lowest BCUT2D eigenvalue weighted by molar-refractivity contribution is 0.404. The lowest BCUT2D eigenvalue weighted by Gasteiger charge is -2.20. The number of methoxy groups -OCH3 is 1. The third-order valence-corrected chi connectivity index (χ3v) is 4.76. The van der Waals surface area contributed by atoms with Crippen molar-refractivity contribution < 1.29 is 4.74 Å². The maximum atomic E-state index is 6.16. The zero-order valence-corrected chi connectivity index (χ0v) is 13.6. The Morgan fingerprint density at radius 2 is 2.05 bits per heavy atom. The van der Waals surface area contributed by atoms with Gasteiger partial charge in [0.1, 0.15) is 5.75 Å². The van der Waals surface area contributed by atoms with Crippen LogP contribution in [0.4, 0.5) is 0 Å². The Balaban J connectivity index is 2.44. The number of hydrogen-bond donors (Lipinski definition) is 1. The lowest BCUT2D eigenvalue weighted by atomic mass is 10.0. The molecule has 1 heterocycles. The fourth-order valence-electron chi connectivity index (χ4n) is 2.24. The van der Waals surface area contributed by atoms with Gasteiger partial charge in [0, 0.05) is 20.3 Å². The summed E-state index contributed by atoms with van der Waals surface area (Å²) in [6.07, 6.45) is 1.07. The molecule has 2 rings (SSSR count). The Bertz CT molecular complexity index is 567. The van der Waals surface area contributed by atoms with Crippen molar-refractivity contribution in [2.75, 3.05) is 13.7 Å². The summed E-state index contributed by atoms with van der Waals surface area (Å²) in [6.45, 7) is 5.18. The molecule has 0 aliphatic rings. The molecule has 0 saturated carbocycles. The SMILES string of the molecule is CCNC(c1ccc(CC)s1)c1cc(Cl)ccc1OC. The number of benzene rings is 1. The van der Waals surface area contributed by atoms with E-state index >= 15 is 0 Å². The highest BCUT2D eigenvalue weighted by Gasteiger charge is 2.19. The molecular weight excluding hydrogens is 290 g/mol.